The Kier molecular flexibility index (Phi) is 41.1. The molecule has 0 aromatic rings. The van der Waals surface area contributed by atoms with Gasteiger partial charge in [0, 0.05) is 6.42 Å². The number of ether oxygens (including phenoxy) is 2. The maximum Gasteiger partial charge on any atom is 0.472 e. The van der Waals surface area contributed by atoms with E-state index >= 15 is 0 Å². The first-order valence-corrected chi connectivity index (χ1v) is 24.9. The van der Waals surface area contributed by atoms with E-state index in [1.165, 1.54) is 161 Å². The molecule has 57 heavy (non-hydrogen) atoms. The summed E-state index contributed by atoms with van der Waals surface area (Å²) in [6.45, 7) is 3.30. The van der Waals surface area contributed by atoms with Crippen molar-refractivity contribution in [3.05, 3.63) is 24.5 Å². The first-order chi connectivity index (χ1) is 27.7. The third-order valence-electron chi connectivity index (χ3n) is 10.3. The topological polar surface area (TPSA) is 155 Å². The van der Waals surface area contributed by atoms with Gasteiger partial charge >= 0.3 is 19.8 Å². The Balaban J connectivity index is 4.23. The number of allylic oxidation sites excluding steroid dienone is 3. The minimum Gasteiger partial charge on any atom is -0.498 e. The van der Waals surface area contributed by atoms with Crippen molar-refractivity contribution in [3.63, 3.8) is 0 Å². The van der Waals surface area contributed by atoms with Crippen LogP contribution in [0.15, 0.2) is 24.5 Å². The molecule has 4 N–H and O–H groups in total. The second-order valence-electron chi connectivity index (χ2n) is 16.0. The number of nitrogens with two attached hydrogens (primary N) is 1. The van der Waals surface area contributed by atoms with E-state index in [0.29, 0.717) is 6.42 Å². The van der Waals surface area contributed by atoms with E-state index in [-0.39, 0.29) is 13.0 Å². The van der Waals surface area contributed by atoms with Gasteiger partial charge in [-0.15, -0.1) is 0 Å². The van der Waals surface area contributed by atoms with Crippen LogP contribution in [0.4, 0.5) is 0 Å². The molecule has 336 valence electrons. The SMILES string of the molecule is CCCCCCCCCC/C=C\CCCCCCCCCC(=O)O[C@H](CO/C=C\CCCCCCCCCCCCCCCC)COP(=O)(O)OC[C@H](N)C(=O)O. The van der Waals surface area contributed by atoms with Crippen LogP contribution in [-0.4, -0.2) is 53.9 Å². The summed E-state index contributed by atoms with van der Waals surface area (Å²) in [6.07, 6.45) is 47.4. The number of carboxylic acid groups (broad SMARTS) is 1. The molecule has 0 aliphatic carbocycles. The third-order valence-corrected chi connectivity index (χ3v) is 11.2. The lowest BCUT2D eigenvalue weighted by Crippen LogP contribution is -2.34. The number of aliphatic carboxylic acids is 1. The van der Waals surface area contributed by atoms with Crippen LogP contribution in [0, 0.1) is 0 Å². The maximum atomic E-state index is 12.6. The van der Waals surface area contributed by atoms with Gasteiger partial charge in [-0.25, -0.2) is 4.57 Å². The normalized spacial score (nSPS) is 14.0. The van der Waals surface area contributed by atoms with E-state index in [4.69, 9.17) is 29.4 Å². The smallest absolute Gasteiger partial charge is 0.472 e. The van der Waals surface area contributed by atoms with Crippen LogP contribution in [0.25, 0.3) is 0 Å². The predicted octanol–water partition coefficient (Wildman–Crippen LogP) is 13.4. The quantitative estimate of drug-likeness (QED) is 0.0178. The Morgan fingerprint density at radius 2 is 0.912 bits per heavy atom. The highest BCUT2D eigenvalue weighted by molar-refractivity contribution is 7.47. The van der Waals surface area contributed by atoms with Crippen LogP contribution in [0.5, 0.6) is 0 Å². The summed E-state index contributed by atoms with van der Waals surface area (Å²) >= 11 is 0. The standard InChI is InChI=1S/C46H88NO9P/c1-3-5-7-9-11-13-15-17-19-21-22-23-24-26-28-30-32-34-36-38-45(48)56-43(41-54-57(51,52)55-42-44(47)46(49)50)40-53-39-37-35-33-31-29-27-25-20-18-16-14-12-10-8-6-4-2/h21-22,37,39,43-44H,3-20,23-36,38,40-42,47H2,1-2H3,(H,49,50)(H,51,52)/b22-21-,39-37-/t43-,44+/m1/s1. The molecule has 0 bridgehead atoms. The monoisotopic (exact) mass is 830 g/mol. The number of carboxylic acids is 1. The molecule has 0 heterocycles. The average Bonchev–Trinajstić information content (AvgIpc) is 3.19. The van der Waals surface area contributed by atoms with Crippen molar-refractivity contribution in [1.82, 2.24) is 0 Å². The van der Waals surface area contributed by atoms with E-state index in [2.05, 4.69) is 26.0 Å². The van der Waals surface area contributed by atoms with Gasteiger partial charge in [-0.2, -0.15) is 0 Å². The summed E-state index contributed by atoms with van der Waals surface area (Å²) in [4.78, 5) is 33.6. The Morgan fingerprint density at radius 3 is 1.33 bits per heavy atom. The van der Waals surface area contributed by atoms with Gasteiger partial charge in [0.05, 0.1) is 19.5 Å². The molecule has 0 aliphatic rings. The number of rotatable bonds is 45. The lowest BCUT2D eigenvalue weighted by atomic mass is 10.0. The van der Waals surface area contributed by atoms with Crippen molar-refractivity contribution < 1.29 is 42.7 Å². The van der Waals surface area contributed by atoms with Gasteiger partial charge in [0.15, 0.2) is 6.10 Å². The summed E-state index contributed by atoms with van der Waals surface area (Å²) < 4.78 is 33.2. The number of hydrogen-bond donors (Lipinski definition) is 3. The number of phosphoric acid groups is 1. The lowest BCUT2D eigenvalue weighted by molar-refractivity contribution is -0.153. The molecular weight excluding hydrogens is 741 g/mol. The number of carbonyl (C=O) groups is 2. The number of esters is 1. The molecule has 0 amide bonds. The Bertz CT molecular complexity index is 1010. The number of carbonyl (C=O) groups excluding carboxylic acids is 1. The van der Waals surface area contributed by atoms with Crippen LogP contribution in [0.3, 0.4) is 0 Å². The molecule has 0 aromatic heterocycles. The van der Waals surface area contributed by atoms with Crippen LogP contribution in [0.2, 0.25) is 0 Å². The van der Waals surface area contributed by atoms with Crippen molar-refractivity contribution >= 4 is 19.8 Å². The van der Waals surface area contributed by atoms with Crippen molar-refractivity contribution in [2.75, 3.05) is 19.8 Å². The fourth-order valence-electron chi connectivity index (χ4n) is 6.62. The van der Waals surface area contributed by atoms with E-state index in [9.17, 15) is 19.0 Å². The maximum absolute atomic E-state index is 12.6. The molecule has 0 spiro atoms. The highest BCUT2D eigenvalue weighted by Gasteiger charge is 2.27. The van der Waals surface area contributed by atoms with Crippen LogP contribution < -0.4 is 5.73 Å². The minimum atomic E-state index is -4.63. The largest absolute Gasteiger partial charge is 0.498 e. The van der Waals surface area contributed by atoms with E-state index in [1.54, 1.807) is 6.26 Å². The van der Waals surface area contributed by atoms with E-state index in [1.807, 2.05) is 6.08 Å². The average molecular weight is 830 g/mol. The predicted molar refractivity (Wildman–Crippen MR) is 235 cm³/mol. The van der Waals surface area contributed by atoms with Crippen LogP contribution in [0.1, 0.15) is 226 Å². The molecule has 0 saturated carbocycles. The Morgan fingerprint density at radius 1 is 0.544 bits per heavy atom. The number of hydrogen-bond acceptors (Lipinski definition) is 8. The van der Waals surface area contributed by atoms with Gasteiger partial charge in [0.2, 0.25) is 0 Å². The van der Waals surface area contributed by atoms with Crippen LogP contribution >= 0.6 is 7.82 Å². The molecular formula is C46H88NO9P. The van der Waals surface area contributed by atoms with E-state index < -0.39 is 45.1 Å². The highest BCUT2D eigenvalue weighted by atomic mass is 31.2. The molecule has 0 radical (unpaired) electrons. The first-order valence-electron chi connectivity index (χ1n) is 23.4. The number of phosphoric ester groups is 1. The Labute approximate surface area is 349 Å². The third kappa shape index (κ3) is 42.2. The molecule has 3 atom stereocenters. The van der Waals surface area contributed by atoms with Crippen molar-refractivity contribution in [1.29, 1.82) is 0 Å². The fraction of sp³-hybridized carbons (Fsp3) is 0.870. The lowest BCUT2D eigenvalue weighted by Gasteiger charge is -2.20. The molecule has 0 saturated heterocycles. The van der Waals surface area contributed by atoms with Gasteiger partial charge in [-0.1, -0.05) is 187 Å². The molecule has 0 fully saturated rings. The molecule has 0 rings (SSSR count). The first kappa shape index (κ1) is 55.3. The minimum absolute atomic E-state index is 0.0655. The summed E-state index contributed by atoms with van der Waals surface area (Å²) in [5.74, 6) is -1.80. The van der Waals surface area contributed by atoms with Crippen molar-refractivity contribution in [2.24, 2.45) is 5.73 Å². The molecule has 10 nitrogen and oxygen atoms in total. The number of unbranched alkanes of at least 4 members (excludes halogenated alkanes) is 29. The molecule has 0 aromatic carbocycles. The van der Waals surface area contributed by atoms with Crippen molar-refractivity contribution in [2.45, 2.75) is 238 Å². The zero-order valence-electron chi connectivity index (χ0n) is 36.7. The summed E-state index contributed by atoms with van der Waals surface area (Å²) in [5, 5.41) is 8.90. The van der Waals surface area contributed by atoms with Crippen LogP contribution in [-0.2, 0) is 32.7 Å². The Hall–Kier alpha value is -1.71. The summed E-state index contributed by atoms with van der Waals surface area (Å²) in [5.41, 5.74) is 5.36. The van der Waals surface area contributed by atoms with Crippen molar-refractivity contribution in [3.8, 4) is 0 Å². The molecule has 1 unspecified atom stereocenters. The van der Waals surface area contributed by atoms with Gasteiger partial charge in [0.1, 0.15) is 12.6 Å². The molecule has 11 heteroatoms. The fourth-order valence-corrected chi connectivity index (χ4v) is 7.40. The van der Waals surface area contributed by atoms with Gasteiger partial charge in [0.25, 0.3) is 0 Å². The second kappa shape index (κ2) is 42.4. The molecule has 0 aliphatic heterocycles. The zero-order valence-corrected chi connectivity index (χ0v) is 37.6. The second-order valence-corrected chi connectivity index (χ2v) is 17.4. The summed E-state index contributed by atoms with van der Waals surface area (Å²) in [6, 6.07) is -1.48. The zero-order chi connectivity index (χ0) is 41.9. The highest BCUT2D eigenvalue weighted by Crippen LogP contribution is 2.43. The van der Waals surface area contributed by atoms with Gasteiger partial charge in [-0.05, 0) is 51.0 Å². The van der Waals surface area contributed by atoms with E-state index in [0.717, 1.165) is 38.5 Å². The summed E-state index contributed by atoms with van der Waals surface area (Å²) in [7, 11) is -4.63. The van der Waals surface area contributed by atoms with Gasteiger partial charge < -0.3 is 25.2 Å². The van der Waals surface area contributed by atoms with Gasteiger partial charge in [-0.3, -0.25) is 18.6 Å².